The van der Waals surface area contributed by atoms with Crippen LogP contribution in [0.3, 0.4) is 0 Å². The van der Waals surface area contributed by atoms with Crippen molar-refractivity contribution in [3.05, 3.63) is 0 Å². The fourth-order valence-corrected chi connectivity index (χ4v) is 2.17. The molecule has 0 aromatic heterocycles. The minimum atomic E-state index is -0.499. The summed E-state index contributed by atoms with van der Waals surface area (Å²) in [6.45, 7) is 16.6. The number of alkyl halides is 1. The van der Waals surface area contributed by atoms with Crippen LogP contribution in [-0.4, -0.2) is 60.4 Å². The second-order valence-corrected chi connectivity index (χ2v) is 7.96. The zero-order valence-corrected chi connectivity index (χ0v) is 17.4. The van der Waals surface area contributed by atoms with Crippen LogP contribution >= 0.6 is 15.9 Å². The summed E-state index contributed by atoms with van der Waals surface area (Å²) in [7, 11) is 0. The van der Waals surface area contributed by atoms with Crippen LogP contribution in [0.4, 0.5) is 4.79 Å². The molecule has 0 aromatic rings. The third kappa shape index (κ3) is 11.0. The fraction of sp³-hybridized carbons (Fsp3) is 0.941. The molecule has 0 spiro atoms. The first-order valence-corrected chi connectivity index (χ1v) is 9.40. The summed E-state index contributed by atoms with van der Waals surface area (Å²) in [5.41, 5.74) is -0.977. The van der Waals surface area contributed by atoms with E-state index in [0.29, 0.717) is 37.6 Å². The molecule has 5 nitrogen and oxygen atoms in total. The summed E-state index contributed by atoms with van der Waals surface area (Å²) < 4.78 is 16.9. The van der Waals surface area contributed by atoms with Crippen LogP contribution in [0.2, 0.25) is 0 Å². The van der Waals surface area contributed by atoms with E-state index in [1.165, 1.54) is 0 Å². The molecular formula is C17H34BrNO4. The van der Waals surface area contributed by atoms with Crippen LogP contribution < -0.4 is 0 Å². The molecule has 0 heterocycles. The SMILES string of the molecule is CCN(CC(C)(CBr)OCCOCC(C)C)C(=O)OC(C)(C)C. The molecule has 0 aliphatic heterocycles. The highest BCUT2D eigenvalue weighted by Crippen LogP contribution is 2.18. The van der Waals surface area contributed by atoms with Gasteiger partial charge in [-0.15, -0.1) is 0 Å². The molecular weight excluding hydrogens is 362 g/mol. The predicted octanol–water partition coefficient (Wildman–Crippen LogP) is 4.09. The largest absolute Gasteiger partial charge is 0.444 e. The minimum absolute atomic E-state index is 0.313. The number of carbonyl (C=O) groups excluding carboxylic acids is 1. The first-order chi connectivity index (χ1) is 10.5. The van der Waals surface area contributed by atoms with Crippen molar-refractivity contribution >= 4 is 22.0 Å². The smallest absolute Gasteiger partial charge is 0.410 e. The number of amides is 1. The molecule has 6 heteroatoms. The molecule has 0 saturated heterocycles. The van der Waals surface area contributed by atoms with Crippen molar-refractivity contribution in [1.82, 2.24) is 4.90 Å². The second-order valence-electron chi connectivity index (χ2n) is 7.40. The molecule has 1 atom stereocenters. The van der Waals surface area contributed by atoms with E-state index in [9.17, 15) is 4.79 Å². The average Bonchev–Trinajstić information content (AvgIpc) is 2.42. The zero-order chi connectivity index (χ0) is 18.1. The summed E-state index contributed by atoms with van der Waals surface area (Å²) in [6, 6.07) is 0. The van der Waals surface area contributed by atoms with Gasteiger partial charge >= 0.3 is 6.09 Å². The summed E-state index contributed by atoms with van der Waals surface area (Å²) in [5.74, 6) is 0.514. The Labute approximate surface area is 150 Å². The van der Waals surface area contributed by atoms with Gasteiger partial charge in [0.15, 0.2) is 0 Å². The molecule has 0 rings (SSSR count). The van der Waals surface area contributed by atoms with Gasteiger partial charge in [0.2, 0.25) is 0 Å². The number of hydrogen-bond donors (Lipinski definition) is 0. The number of ether oxygens (including phenoxy) is 3. The van der Waals surface area contributed by atoms with Crippen LogP contribution in [0.5, 0.6) is 0 Å². The van der Waals surface area contributed by atoms with E-state index < -0.39 is 11.2 Å². The summed E-state index contributed by atoms with van der Waals surface area (Å²) >= 11 is 3.49. The van der Waals surface area contributed by atoms with Crippen molar-refractivity contribution in [2.45, 2.75) is 59.7 Å². The Kier molecular flexibility index (Phi) is 10.4. The van der Waals surface area contributed by atoms with Gasteiger partial charge in [-0.05, 0) is 40.5 Å². The highest BCUT2D eigenvalue weighted by atomic mass is 79.9. The maximum atomic E-state index is 12.2. The van der Waals surface area contributed by atoms with Crippen LogP contribution in [-0.2, 0) is 14.2 Å². The summed E-state index contributed by atoms with van der Waals surface area (Å²) in [5, 5.41) is 0.628. The Bertz CT molecular complexity index is 344. The quantitative estimate of drug-likeness (QED) is 0.412. The maximum absolute atomic E-state index is 12.2. The predicted molar refractivity (Wildman–Crippen MR) is 97.3 cm³/mol. The third-order valence-corrected chi connectivity index (χ3v) is 4.16. The molecule has 23 heavy (non-hydrogen) atoms. The topological polar surface area (TPSA) is 48.0 Å². The van der Waals surface area contributed by atoms with Crippen molar-refractivity contribution in [3.63, 3.8) is 0 Å². The first kappa shape index (κ1) is 22.7. The lowest BCUT2D eigenvalue weighted by Crippen LogP contribution is -2.48. The van der Waals surface area contributed by atoms with Gasteiger partial charge in [-0.2, -0.15) is 0 Å². The van der Waals surface area contributed by atoms with Crippen LogP contribution in [0.25, 0.3) is 0 Å². The number of nitrogens with zero attached hydrogens (tertiary/aromatic N) is 1. The van der Waals surface area contributed by atoms with Crippen LogP contribution in [0.15, 0.2) is 0 Å². The highest BCUT2D eigenvalue weighted by Gasteiger charge is 2.30. The zero-order valence-electron chi connectivity index (χ0n) is 15.8. The first-order valence-electron chi connectivity index (χ1n) is 8.28. The van der Waals surface area contributed by atoms with E-state index in [1.807, 2.05) is 34.6 Å². The molecule has 0 saturated carbocycles. The van der Waals surface area contributed by atoms with E-state index in [1.54, 1.807) is 4.90 Å². The van der Waals surface area contributed by atoms with E-state index in [0.717, 1.165) is 6.61 Å². The Morgan fingerprint density at radius 2 is 1.78 bits per heavy atom. The summed E-state index contributed by atoms with van der Waals surface area (Å²) in [4.78, 5) is 13.9. The molecule has 1 amide bonds. The van der Waals surface area contributed by atoms with Crippen molar-refractivity contribution in [2.24, 2.45) is 5.92 Å². The Hall–Kier alpha value is -0.330. The molecule has 1 unspecified atom stereocenters. The van der Waals surface area contributed by atoms with Gasteiger partial charge in [-0.1, -0.05) is 29.8 Å². The third-order valence-electron chi connectivity index (χ3n) is 2.97. The number of halogens is 1. The average molecular weight is 396 g/mol. The van der Waals surface area contributed by atoms with Gasteiger partial charge in [0.1, 0.15) is 5.60 Å². The van der Waals surface area contributed by atoms with E-state index in [4.69, 9.17) is 14.2 Å². The molecule has 0 N–H and O–H groups in total. The lowest BCUT2D eigenvalue weighted by Gasteiger charge is -2.34. The molecule has 0 bridgehead atoms. The molecule has 0 fully saturated rings. The van der Waals surface area contributed by atoms with Gasteiger partial charge in [0.25, 0.3) is 0 Å². The number of rotatable bonds is 10. The van der Waals surface area contributed by atoms with Crippen molar-refractivity contribution in [1.29, 1.82) is 0 Å². The Morgan fingerprint density at radius 3 is 2.22 bits per heavy atom. The van der Waals surface area contributed by atoms with Crippen molar-refractivity contribution in [2.75, 3.05) is 38.2 Å². The molecule has 0 aliphatic rings. The van der Waals surface area contributed by atoms with E-state index in [-0.39, 0.29) is 6.09 Å². The highest BCUT2D eigenvalue weighted by molar-refractivity contribution is 9.09. The monoisotopic (exact) mass is 395 g/mol. The van der Waals surface area contributed by atoms with E-state index in [2.05, 4.69) is 29.8 Å². The molecule has 138 valence electrons. The van der Waals surface area contributed by atoms with Gasteiger partial charge in [-0.3, -0.25) is 0 Å². The van der Waals surface area contributed by atoms with E-state index >= 15 is 0 Å². The molecule has 0 radical (unpaired) electrons. The Balaban J connectivity index is 4.46. The molecule has 0 aliphatic carbocycles. The standard InChI is InChI=1S/C17H34BrNO4/c1-8-19(15(20)23-16(4,5)6)13-17(7,12-18)22-10-9-21-11-14(2)3/h14H,8-13H2,1-7H3. The summed E-state index contributed by atoms with van der Waals surface area (Å²) in [6.07, 6.45) is -0.313. The number of carbonyl (C=O) groups is 1. The van der Waals surface area contributed by atoms with Gasteiger partial charge in [-0.25, -0.2) is 4.79 Å². The molecule has 0 aromatic carbocycles. The lowest BCUT2D eigenvalue weighted by molar-refractivity contribution is -0.0627. The maximum Gasteiger partial charge on any atom is 0.410 e. The van der Waals surface area contributed by atoms with Crippen LogP contribution in [0, 0.1) is 5.92 Å². The van der Waals surface area contributed by atoms with Crippen molar-refractivity contribution < 1.29 is 19.0 Å². The van der Waals surface area contributed by atoms with Crippen molar-refractivity contribution in [3.8, 4) is 0 Å². The van der Waals surface area contributed by atoms with Gasteiger partial charge in [0.05, 0.1) is 25.4 Å². The minimum Gasteiger partial charge on any atom is -0.444 e. The van der Waals surface area contributed by atoms with Crippen LogP contribution in [0.1, 0.15) is 48.5 Å². The van der Waals surface area contributed by atoms with Gasteiger partial charge < -0.3 is 19.1 Å². The fourth-order valence-electron chi connectivity index (χ4n) is 1.83. The number of hydrogen-bond acceptors (Lipinski definition) is 4. The normalized spacial score (nSPS) is 14.7. The Morgan fingerprint density at radius 1 is 1.17 bits per heavy atom. The lowest BCUT2D eigenvalue weighted by atomic mass is 10.1. The second kappa shape index (κ2) is 10.5. The number of likely N-dealkylation sites (N-methyl/N-ethyl adjacent to an activating group) is 1. The van der Waals surface area contributed by atoms with Gasteiger partial charge in [0, 0.05) is 18.5 Å².